The van der Waals surface area contributed by atoms with Gasteiger partial charge in [-0.25, -0.2) is 0 Å². The molecule has 1 heterocycles. The molecule has 0 unspecified atom stereocenters. The normalized spacial score (nSPS) is 20.8. The molecule has 0 amide bonds. The van der Waals surface area contributed by atoms with Crippen molar-refractivity contribution in [2.75, 3.05) is 26.0 Å². The van der Waals surface area contributed by atoms with Crippen molar-refractivity contribution < 1.29 is 4.74 Å². The molecule has 0 aromatic carbocycles. The lowest BCUT2D eigenvalue weighted by Crippen LogP contribution is -2.45. The summed E-state index contributed by atoms with van der Waals surface area (Å²) in [5.41, 5.74) is 0. The second kappa shape index (κ2) is 6.77. The van der Waals surface area contributed by atoms with Gasteiger partial charge in [-0.3, -0.25) is 0 Å². The van der Waals surface area contributed by atoms with Crippen molar-refractivity contribution in [1.82, 2.24) is 5.32 Å². The molecule has 1 aliphatic rings. The zero-order chi connectivity index (χ0) is 11.1. The van der Waals surface area contributed by atoms with Crippen LogP contribution in [-0.4, -0.2) is 36.8 Å². The summed E-state index contributed by atoms with van der Waals surface area (Å²) in [6, 6.07) is 0.692. The topological polar surface area (TPSA) is 21.3 Å². The Balaban J connectivity index is 2.38. The van der Waals surface area contributed by atoms with Crippen molar-refractivity contribution in [3.63, 3.8) is 0 Å². The van der Waals surface area contributed by atoms with E-state index < -0.39 is 0 Å². The lowest BCUT2D eigenvalue weighted by molar-refractivity contribution is 0.0764. The summed E-state index contributed by atoms with van der Waals surface area (Å²) >= 11 is 2.01. The fourth-order valence-electron chi connectivity index (χ4n) is 2.10. The molecule has 1 rings (SSSR count). The van der Waals surface area contributed by atoms with E-state index in [9.17, 15) is 0 Å². The number of thioether (sulfide) groups is 1. The molecule has 0 aromatic heterocycles. The molecular weight excluding hydrogens is 206 g/mol. The second-order valence-electron chi connectivity index (χ2n) is 4.39. The molecule has 0 spiro atoms. The fourth-order valence-corrected chi connectivity index (χ4v) is 2.91. The van der Waals surface area contributed by atoms with Crippen molar-refractivity contribution in [3.05, 3.63) is 0 Å². The van der Waals surface area contributed by atoms with Crippen LogP contribution in [0.3, 0.4) is 0 Å². The third-order valence-corrected chi connectivity index (χ3v) is 4.95. The summed E-state index contributed by atoms with van der Waals surface area (Å²) in [7, 11) is 0. The van der Waals surface area contributed by atoms with E-state index in [0.717, 1.165) is 19.8 Å². The van der Waals surface area contributed by atoms with Crippen molar-refractivity contribution in [2.24, 2.45) is 0 Å². The Hall–Kier alpha value is 0.270. The van der Waals surface area contributed by atoms with Gasteiger partial charge >= 0.3 is 0 Å². The van der Waals surface area contributed by atoms with Crippen LogP contribution in [-0.2, 0) is 4.74 Å². The van der Waals surface area contributed by atoms with Gasteiger partial charge in [0.1, 0.15) is 0 Å². The number of hydrogen-bond acceptors (Lipinski definition) is 3. The monoisotopic (exact) mass is 231 g/mol. The molecule has 0 bridgehead atoms. The lowest BCUT2D eigenvalue weighted by atomic mass is 9.98. The van der Waals surface area contributed by atoms with Crippen molar-refractivity contribution in [1.29, 1.82) is 0 Å². The summed E-state index contributed by atoms with van der Waals surface area (Å²) in [6.45, 7) is 7.54. The molecule has 1 fully saturated rings. The van der Waals surface area contributed by atoms with Gasteiger partial charge in [-0.05, 0) is 31.9 Å². The molecular formula is C12H25NOS. The van der Waals surface area contributed by atoms with Crippen LogP contribution in [0.2, 0.25) is 0 Å². The third kappa shape index (κ3) is 3.97. The molecule has 0 radical (unpaired) electrons. The van der Waals surface area contributed by atoms with E-state index in [1.807, 2.05) is 11.8 Å². The second-order valence-corrected chi connectivity index (χ2v) is 5.67. The molecule has 1 saturated heterocycles. The zero-order valence-electron chi connectivity index (χ0n) is 10.3. The van der Waals surface area contributed by atoms with Gasteiger partial charge in [0.15, 0.2) is 0 Å². The van der Waals surface area contributed by atoms with Crippen LogP contribution in [0.1, 0.15) is 39.5 Å². The average molecular weight is 231 g/mol. The number of ether oxygens (including phenoxy) is 1. The number of rotatable bonds is 6. The highest BCUT2D eigenvalue weighted by molar-refractivity contribution is 8.00. The summed E-state index contributed by atoms with van der Waals surface area (Å²) < 4.78 is 5.88. The van der Waals surface area contributed by atoms with Gasteiger partial charge in [-0.15, -0.1) is 0 Å². The van der Waals surface area contributed by atoms with E-state index in [2.05, 4.69) is 25.4 Å². The molecule has 2 nitrogen and oxygen atoms in total. The average Bonchev–Trinajstić information content (AvgIpc) is 2.31. The minimum absolute atomic E-state index is 0.431. The Morgan fingerprint density at radius 3 is 2.33 bits per heavy atom. The minimum atomic E-state index is 0.431. The van der Waals surface area contributed by atoms with E-state index in [4.69, 9.17) is 4.74 Å². The van der Waals surface area contributed by atoms with Crippen molar-refractivity contribution in [3.8, 4) is 0 Å². The Morgan fingerprint density at radius 1 is 1.27 bits per heavy atom. The number of hydrogen-bond donors (Lipinski definition) is 1. The first-order chi connectivity index (χ1) is 7.26. The summed E-state index contributed by atoms with van der Waals surface area (Å²) in [5.74, 6) is 0. The lowest BCUT2D eigenvalue weighted by Gasteiger charge is -2.37. The van der Waals surface area contributed by atoms with Crippen LogP contribution in [0.5, 0.6) is 0 Å². The Morgan fingerprint density at radius 2 is 1.87 bits per heavy atom. The highest BCUT2D eigenvalue weighted by Gasteiger charge is 2.31. The molecule has 90 valence electrons. The number of nitrogens with one attached hydrogen (secondary N) is 1. The first-order valence-electron chi connectivity index (χ1n) is 6.12. The zero-order valence-corrected chi connectivity index (χ0v) is 11.2. The van der Waals surface area contributed by atoms with Crippen LogP contribution in [0.25, 0.3) is 0 Å². The standard InChI is InChI=1S/C12H25NOS/c1-4-11(5-2)13-10-12(15-3)6-8-14-9-7-12/h11,13H,4-10H2,1-3H3. The first kappa shape index (κ1) is 13.3. The maximum absolute atomic E-state index is 5.44. The molecule has 0 aliphatic carbocycles. The van der Waals surface area contributed by atoms with E-state index in [1.54, 1.807) is 0 Å². The predicted molar refractivity (Wildman–Crippen MR) is 68.7 cm³/mol. The van der Waals surface area contributed by atoms with E-state index in [0.29, 0.717) is 10.8 Å². The predicted octanol–water partition coefficient (Wildman–Crippen LogP) is 2.68. The largest absolute Gasteiger partial charge is 0.381 e. The Labute approximate surface area is 98.5 Å². The van der Waals surface area contributed by atoms with Gasteiger partial charge in [0.25, 0.3) is 0 Å². The Kier molecular flexibility index (Phi) is 6.02. The van der Waals surface area contributed by atoms with Gasteiger partial charge in [0.05, 0.1) is 0 Å². The molecule has 3 heteroatoms. The van der Waals surface area contributed by atoms with Crippen molar-refractivity contribution >= 4 is 11.8 Å². The minimum Gasteiger partial charge on any atom is -0.381 e. The molecule has 0 atom stereocenters. The molecule has 1 aliphatic heterocycles. The first-order valence-corrected chi connectivity index (χ1v) is 7.35. The third-order valence-electron chi connectivity index (χ3n) is 3.54. The van der Waals surface area contributed by atoms with Gasteiger partial charge in [-0.2, -0.15) is 11.8 Å². The van der Waals surface area contributed by atoms with Crippen molar-refractivity contribution in [2.45, 2.75) is 50.3 Å². The van der Waals surface area contributed by atoms with Crippen LogP contribution in [0.4, 0.5) is 0 Å². The van der Waals surface area contributed by atoms with E-state index in [1.165, 1.54) is 25.7 Å². The van der Waals surface area contributed by atoms with Crippen LogP contribution in [0, 0.1) is 0 Å². The molecule has 1 N–H and O–H groups in total. The maximum atomic E-state index is 5.44. The van der Waals surface area contributed by atoms with Crippen LogP contribution < -0.4 is 5.32 Å². The highest BCUT2D eigenvalue weighted by atomic mass is 32.2. The Bertz CT molecular complexity index is 165. The summed E-state index contributed by atoms with van der Waals surface area (Å²) in [6.07, 6.45) is 7.09. The SMILES string of the molecule is CCC(CC)NCC1(SC)CCOCC1. The molecule has 0 saturated carbocycles. The van der Waals surface area contributed by atoms with Crippen LogP contribution >= 0.6 is 11.8 Å². The summed E-state index contributed by atoms with van der Waals surface area (Å²) in [4.78, 5) is 0. The van der Waals surface area contributed by atoms with Gasteiger partial charge in [0, 0.05) is 30.5 Å². The summed E-state index contributed by atoms with van der Waals surface area (Å²) in [5, 5.41) is 3.70. The molecule has 0 aromatic rings. The van der Waals surface area contributed by atoms with Gasteiger partial charge in [0.2, 0.25) is 0 Å². The maximum Gasteiger partial charge on any atom is 0.0479 e. The highest BCUT2D eigenvalue weighted by Crippen LogP contribution is 2.33. The van der Waals surface area contributed by atoms with E-state index in [-0.39, 0.29) is 0 Å². The van der Waals surface area contributed by atoms with Gasteiger partial charge < -0.3 is 10.1 Å². The quantitative estimate of drug-likeness (QED) is 0.759. The molecule has 15 heavy (non-hydrogen) atoms. The van der Waals surface area contributed by atoms with E-state index >= 15 is 0 Å². The fraction of sp³-hybridized carbons (Fsp3) is 1.00. The smallest absolute Gasteiger partial charge is 0.0479 e. The van der Waals surface area contributed by atoms with Gasteiger partial charge in [-0.1, -0.05) is 13.8 Å². The van der Waals surface area contributed by atoms with Crippen LogP contribution in [0.15, 0.2) is 0 Å².